The Morgan fingerprint density at radius 2 is 1.72 bits per heavy atom. The molecule has 1 aliphatic heterocycles. The molecular weight excluding hydrogens is 232 g/mol. The minimum atomic E-state index is -0.680. The van der Waals surface area contributed by atoms with Crippen molar-refractivity contribution in [1.82, 2.24) is 0 Å². The summed E-state index contributed by atoms with van der Waals surface area (Å²) >= 11 is 0. The van der Waals surface area contributed by atoms with Crippen molar-refractivity contribution < 1.29 is 19.4 Å². The Hall–Kier alpha value is -1.32. The minimum absolute atomic E-state index is 0.101. The van der Waals surface area contributed by atoms with E-state index in [-0.39, 0.29) is 17.9 Å². The zero-order valence-corrected chi connectivity index (χ0v) is 11.0. The number of esters is 1. The van der Waals surface area contributed by atoms with Gasteiger partial charge in [0.2, 0.25) is 5.78 Å². The maximum atomic E-state index is 11.3. The summed E-state index contributed by atoms with van der Waals surface area (Å²) < 4.78 is 4.56. The quantitative estimate of drug-likeness (QED) is 0.238. The highest BCUT2D eigenvalue weighted by Crippen LogP contribution is 2.18. The number of carbonyl (C=O) groups is 2. The first-order chi connectivity index (χ1) is 8.66. The van der Waals surface area contributed by atoms with Crippen molar-refractivity contribution in [2.45, 2.75) is 58.3 Å². The first-order valence-electron chi connectivity index (χ1n) is 6.79. The van der Waals surface area contributed by atoms with Crippen molar-refractivity contribution in [3.05, 3.63) is 11.3 Å². The molecule has 1 N–H and O–H groups in total. The summed E-state index contributed by atoms with van der Waals surface area (Å²) in [6.07, 6.45) is 8.34. The Kier molecular flexibility index (Phi) is 6.47. The molecule has 18 heavy (non-hydrogen) atoms. The van der Waals surface area contributed by atoms with Gasteiger partial charge in [0.1, 0.15) is 11.3 Å². The molecule has 0 aromatic heterocycles. The second-order valence-corrected chi connectivity index (χ2v) is 4.69. The number of cyclic esters (lactones) is 1. The van der Waals surface area contributed by atoms with Crippen LogP contribution in [0.1, 0.15) is 58.3 Å². The molecule has 0 radical (unpaired) electrons. The Morgan fingerprint density at radius 1 is 1.11 bits per heavy atom. The molecule has 102 valence electrons. The summed E-state index contributed by atoms with van der Waals surface area (Å²) in [6, 6.07) is 0. The number of carbonyl (C=O) groups excluding carboxylic acids is 2. The van der Waals surface area contributed by atoms with E-state index in [1.807, 2.05) is 0 Å². The molecule has 0 saturated carbocycles. The highest BCUT2D eigenvalue weighted by molar-refractivity contribution is 6.22. The molecule has 1 rings (SSSR count). The van der Waals surface area contributed by atoms with E-state index in [2.05, 4.69) is 11.7 Å². The normalized spacial score (nSPS) is 18.1. The smallest absolute Gasteiger partial charge is 0.345 e. The van der Waals surface area contributed by atoms with E-state index >= 15 is 0 Å². The molecule has 1 fully saturated rings. The fourth-order valence-electron chi connectivity index (χ4n) is 2.04. The third-order valence-electron chi connectivity index (χ3n) is 3.12. The Bertz CT molecular complexity index is 313. The molecule has 1 saturated heterocycles. The zero-order chi connectivity index (χ0) is 13.4. The van der Waals surface area contributed by atoms with Gasteiger partial charge in [0.05, 0.1) is 0 Å². The SMILES string of the molecule is CCCCCCCCCC(O)=C1C(=O)COC1=O. The van der Waals surface area contributed by atoms with Gasteiger partial charge in [-0.25, -0.2) is 4.79 Å². The monoisotopic (exact) mass is 254 g/mol. The second-order valence-electron chi connectivity index (χ2n) is 4.69. The van der Waals surface area contributed by atoms with Crippen molar-refractivity contribution in [2.24, 2.45) is 0 Å². The summed E-state index contributed by atoms with van der Waals surface area (Å²) in [5.74, 6) is -1.18. The Morgan fingerprint density at radius 3 is 2.28 bits per heavy atom. The number of ether oxygens (including phenoxy) is 1. The van der Waals surface area contributed by atoms with Crippen LogP contribution in [0.3, 0.4) is 0 Å². The summed E-state index contributed by atoms with van der Waals surface area (Å²) in [7, 11) is 0. The van der Waals surface area contributed by atoms with E-state index in [4.69, 9.17) is 0 Å². The van der Waals surface area contributed by atoms with E-state index < -0.39 is 11.8 Å². The molecule has 0 atom stereocenters. The molecule has 0 amide bonds. The van der Waals surface area contributed by atoms with Crippen LogP contribution in [-0.2, 0) is 14.3 Å². The lowest BCUT2D eigenvalue weighted by atomic mass is 10.1. The fourth-order valence-corrected chi connectivity index (χ4v) is 2.04. The van der Waals surface area contributed by atoms with Gasteiger partial charge in [0.25, 0.3) is 0 Å². The minimum Gasteiger partial charge on any atom is -0.511 e. The van der Waals surface area contributed by atoms with Crippen molar-refractivity contribution in [3.8, 4) is 0 Å². The van der Waals surface area contributed by atoms with Crippen molar-refractivity contribution in [3.63, 3.8) is 0 Å². The number of unbranched alkanes of at least 4 members (excludes halogenated alkanes) is 6. The van der Waals surface area contributed by atoms with Crippen LogP contribution in [-0.4, -0.2) is 23.5 Å². The van der Waals surface area contributed by atoms with Crippen LogP contribution in [0, 0.1) is 0 Å². The number of ketones is 1. The molecule has 0 aromatic rings. The number of allylic oxidation sites excluding steroid dienone is 1. The van der Waals surface area contributed by atoms with Gasteiger partial charge < -0.3 is 9.84 Å². The van der Waals surface area contributed by atoms with E-state index in [1.165, 1.54) is 25.7 Å². The van der Waals surface area contributed by atoms with Crippen molar-refractivity contribution in [2.75, 3.05) is 6.61 Å². The lowest BCUT2D eigenvalue weighted by Crippen LogP contribution is -2.05. The van der Waals surface area contributed by atoms with Crippen LogP contribution in [0.5, 0.6) is 0 Å². The predicted octanol–water partition coefficient (Wildman–Crippen LogP) is 3.07. The Labute approximate surface area is 108 Å². The second kappa shape index (κ2) is 7.90. The summed E-state index contributed by atoms with van der Waals surface area (Å²) in [6.45, 7) is 1.96. The number of aliphatic hydroxyl groups excluding tert-OH is 1. The first-order valence-corrected chi connectivity index (χ1v) is 6.79. The van der Waals surface area contributed by atoms with E-state index in [0.717, 1.165) is 19.3 Å². The van der Waals surface area contributed by atoms with Gasteiger partial charge in [-0.3, -0.25) is 4.79 Å². The third kappa shape index (κ3) is 4.51. The molecule has 0 aromatic carbocycles. The van der Waals surface area contributed by atoms with E-state index in [9.17, 15) is 14.7 Å². The summed E-state index contributed by atoms with van der Waals surface area (Å²) in [5.41, 5.74) is -0.138. The van der Waals surface area contributed by atoms with Crippen LogP contribution < -0.4 is 0 Å². The lowest BCUT2D eigenvalue weighted by molar-refractivity contribution is -0.135. The van der Waals surface area contributed by atoms with Crippen molar-refractivity contribution >= 4 is 11.8 Å². The number of hydrogen-bond donors (Lipinski definition) is 1. The molecule has 1 aliphatic rings. The van der Waals surface area contributed by atoms with Crippen LogP contribution in [0.15, 0.2) is 11.3 Å². The average Bonchev–Trinajstić information content (AvgIpc) is 2.68. The van der Waals surface area contributed by atoms with Crippen LogP contribution in [0.2, 0.25) is 0 Å². The van der Waals surface area contributed by atoms with Crippen LogP contribution >= 0.6 is 0 Å². The highest BCUT2D eigenvalue weighted by atomic mass is 16.5. The first kappa shape index (κ1) is 14.7. The number of aliphatic hydroxyl groups is 1. The standard InChI is InChI=1S/C14H22O4/c1-2-3-4-5-6-7-8-9-11(15)13-12(16)10-18-14(13)17/h15H,2-10H2,1H3. The number of hydrogen-bond acceptors (Lipinski definition) is 4. The van der Waals surface area contributed by atoms with Gasteiger partial charge in [-0.1, -0.05) is 45.4 Å². The molecule has 1 heterocycles. The molecule has 0 unspecified atom stereocenters. The topological polar surface area (TPSA) is 63.6 Å². The predicted molar refractivity (Wildman–Crippen MR) is 68.2 cm³/mol. The molecule has 0 spiro atoms. The number of Topliss-reactive ketones (excluding diaryl/α,β-unsaturated/α-hetero) is 1. The van der Waals surface area contributed by atoms with Gasteiger partial charge >= 0.3 is 5.97 Å². The van der Waals surface area contributed by atoms with Gasteiger partial charge in [-0.15, -0.1) is 0 Å². The molecular formula is C14H22O4. The highest BCUT2D eigenvalue weighted by Gasteiger charge is 2.31. The van der Waals surface area contributed by atoms with E-state index in [1.54, 1.807) is 0 Å². The third-order valence-corrected chi connectivity index (χ3v) is 3.12. The largest absolute Gasteiger partial charge is 0.511 e. The maximum absolute atomic E-state index is 11.3. The van der Waals surface area contributed by atoms with Gasteiger partial charge in [-0.05, 0) is 6.42 Å². The molecule has 4 heteroatoms. The van der Waals surface area contributed by atoms with Gasteiger partial charge in [0.15, 0.2) is 6.61 Å². The molecule has 0 aliphatic carbocycles. The Balaban J connectivity index is 2.21. The van der Waals surface area contributed by atoms with Gasteiger partial charge in [-0.2, -0.15) is 0 Å². The number of rotatable bonds is 8. The average molecular weight is 254 g/mol. The van der Waals surface area contributed by atoms with Gasteiger partial charge in [0, 0.05) is 6.42 Å². The molecule has 4 nitrogen and oxygen atoms in total. The summed E-state index contributed by atoms with van der Waals surface area (Å²) in [5, 5.41) is 9.69. The molecule has 0 bridgehead atoms. The van der Waals surface area contributed by atoms with Crippen LogP contribution in [0.4, 0.5) is 0 Å². The lowest BCUT2D eigenvalue weighted by Gasteiger charge is -2.02. The van der Waals surface area contributed by atoms with Crippen molar-refractivity contribution in [1.29, 1.82) is 0 Å². The van der Waals surface area contributed by atoms with Crippen LogP contribution in [0.25, 0.3) is 0 Å². The van der Waals surface area contributed by atoms with E-state index in [0.29, 0.717) is 6.42 Å². The fraction of sp³-hybridized carbons (Fsp3) is 0.714. The maximum Gasteiger partial charge on any atom is 0.345 e. The zero-order valence-electron chi connectivity index (χ0n) is 11.0. The summed E-state index contributed by atoms with van der Waals surface area (Å²) in [4.78, 5) is 22.4.